The van der Waals surface area contributed by atoms with Gasteiger partial charge in [0.1, 0.15) is 29.2 Å². The summed E-state index contributed by atoms with van der Waals surface area (Å²) in [6.07, 6.45) is 3.66. The van der Waals surface area contributed by atoms with E-state index in [4.69, 9.17) is 0 Å². The number of pyridine rings is 1. The van der Waals surface area contributed by atoms with Crippen molar-refractivity contribution < 1.29 is 22.4 Å². The molecule has 5 heterocycles. The van der Waals surface area contributed by atoms with E-state index in [0.29, 0.717) is 56.1 Å². The van der Waals surface area contributed by atoms with E-state index in [9.17, 15) is 18.1 Å². The Morgan fingerprint density at radius 2 is 1.85 bits per heavy atom. The van der Waals surface area contributed by atoms with Gasteiger partial charge in [-0.15, -0.1) is 19.2 Å². The van der Waals surface area contributed by atoms with E-state index in [-0.39, 0.29) is 36.4 Å². The summed E-state index contributed by atoms with van der Waals surface area (Å²) < 4.78 is 57.7. The molecule has 0 saturated carbocycles. The number of aliphatic imine (C=N–C) groups is 1. The second kappa shape index (κ2) is 14.7. The monoisotopic (exact) mass is 760 g/mol. The van der Waals surface area contributed by atoms with Crippen LogP contribution >= 0.6 is 0 Å². The summed E-state index contributed by atoms with van der Waals surface area (Å²) in [4.78, 5) is 33.8. The molecule has 2 unspecified atom stereocenters. The SMILES string of the molecule is C=N/C(=C/n1n(-c2ccc(F)cc2F)n1N1CCC12CN(F)C2)N1CC(C)CC1C(=O)N(C)CCCN(C(=C)C)c1c(C)cc(F)cc1-c1cccc(C)n1. The van der Waals surface area contributed by atoms with Crippen molar-refractivity contribution in [3.63, 3.8) is 0 Å². The number of aromatic nitrogens is 4. The molecule has 2 aromatic carbocycles. The van der Waals surface area contributed by atoms with Gasteiger partial charge in [-0.05, 0) is 94.6 Å². The van der Waals surface area contributed by atoms with Crippen LogP contribution in [0.2, 0.25) is 0 Å². The summed E-state index contributed by atoms with van der Waals surface area (Å²) >= 11 is 0. The molecule has 0 N–H and O–H groups in total. The molecule has 0 bridgehead atoms. The van der Waals surface area contributed by atoms with Crippen LogP contribution in [0, 0.1) is 37.2 Å². The maximum Gasteiger partial charge on any atom is 0.245 e. The highest BCUT2D eigenvalue weighted by molar-refractivity contribution is 5.83. The van der Waals surface area contributed by atoms with E-state index in [1.54, 1.807) is 32.6 Å². The van der Waals surface area contributed by atoms with Gasteiger partial charge in [0.05, 0.1) is 36.2 Å². The van der Waals surface area contributed by atoms with Crippen molar-refractivity contribution in [2.45, 2.75) is 58.5 Å². The van der Waals surface area contributed by atoms with Gasteiger partial charge in [0.15, 0.2) is 5.82 Å². The zero-order valence-corrected chi connectivity index (χ0v) is 32.0. The third-order valence-electron chi connectivity index (χ3n) is 11.0. The van der Waals surface area contributed by atoms with Crippen LogP contribution in [-0.2, 0) is 4.79 Å². The van der Waals surface area contributed by atoms with Gasteiger partial charge in [-0.3, -0.25) is 14.8 Å². The van der Waals surface area contributed by atoms with Crippen molar-refractivity contribution >= 4 is 24.5 Å². The number of rotatable bonds is 13. The fourth-order valence-electron chi connectivity index (χ4n) is 8.17. The van der Waals surface area contributed by atoms with Gasteiger partial charge in [-0.1, -0.05) is 24.5 Å². The number of likely N-dealkylation sites (tertiary alicyclic amines) is 1. The second-order valence-corrected chi connectivity index (χ2v) is 15.3. The summed E-state index contributed by atoms with van der Waals surface area (Å²) in [5.74, 6) is -1.29. The van der Waals surface area contributed by atoms with E-state index in [0.717, 1.165) is 40.3 Å². The minimum atomic E-state index is -0.753. The number of allylic oxidation sites excluding steroid dienone is 1. The van der Waals surface area contributed by atoms with Crippen LogP contribution in [-0.4, -0.2) is 105 Å². The number of carbonyl (C=O) groups excluding carboxylic acids is 1. The maximum atomic E-state index is 15.1. The Morgan fingerprint density at radius 1 is 1.09 bits per heavy atom. The molecule has 1 amide bonds. The highest BCUT2D eigenvalue weighted by Gasteiger charge is 2.57. The first-order valence-corrected chi connectivity index (χ1v) is 18.6. The molecule has 3 fully saturated rings. The number of likely N-dealkylation sites (N-methyl/N-ethyl adjacent to an activating group) is 1. The molecule has 1 spiro atoms. The lowest BCUT2D eigenvalue weighted by molar-refractivity contribution is -0.134. The van der Waals surface area contributed by atoms with Gasteiger partial charge >= 0.3 is 0 Å². The predicted octanol–water partition coefficient (Wildman–Crippen LogP) is 6.51. The molecule has 55 heavy (non-hydrogen) atoms. The molecule has 2 aromatic heterocycles. The molecule has 2 atom stereocenters. The lowest BCUT2D eigenvalue weighted by atomic mass is 9.81. The molecule has 292 valence electrons. The molecule has 0 aliphatic carbocycles. The molecular weight excluding hydrogens is 713 g/mol. The Hall–Kier alpha value is -5.31. The highest BCUT2D eigenvalue weighted by atomic mass is 19.2. The van der Waals surface area contributed by atoms with Gasteiger partial charge in [0.25, 0.3) is 0 Å². The average molecular weight is 761 g/mol. The van der Waals surface area contributed by atoms with E-state index < -0.39 is 23.2 Å². The van der Waals surface area contributed by atoms with Crippen LogP contribution in [0.1, 0.15) is 44.4 Å². The molecule has 7 rings (SSSR count). The van der Waals surface area contributed by atoms with Crippen molar-refractivity contribution in [2.24, 2.45) is 10.9 Å². The number of carbonyl (C=O) groups is 1. The number of hydrogen-bond donors (Lipinski definition) is 0. The molecular formula is C40H48F4N10O. The summed E-state index contributed by atoms with van der Waals surface area (Å²) in [5, 5.41) is 2.71. The average Bonchev–Trinajstić information content (AvgIpc) is 3.63. The summed E-state index contributed by atoms with van der Waals surface area (Å²) in [6.45, 7) is 18.4. The normalized spacial score (nSPS) is 19.5. The van der Waals surface area contributed by atoms with Gasteiger partial charge in [-0.25, -0.2) is 18.2 Å². The van der Waals surface area contributed by atoms with Crippen LogP contribution in [0.5, 0.6) is 0 Å². The van der Waals surface area contributed by atoms with Gasteiger partial charge in [0, 0.05) is 56.2 Å². The highest BCUT2D eigenvalue weighted by Crippen LogP contribution is 2.40. The first-order chi connectivity index (χ1) is 26.2. The number of amides is 1. The lowest BCUT2D eigenvalue weighted by Gasteiger charge is -2.58. The molecule has 3 saturated heterocycles. The van der Waals surface area contributed by atoms with E-state index >= 15 is 4.39 Å². The Balaban J connectivity index is 1.09. The molecule has 0 radical (unpaired) electrons. The first kappa shape index (κ1) is 38.0. The lowest BCUT2D eigenvalue weighted by Crippen LogP contribution is -2.78. The summed E-state index contributed by atoms with van der Waals surface area (Å²) in [5.41, 5.74) is 4.22. The minimum Gasteiger partial charge on any atom is -0.345 e. The van der Waals surface area contributed by atoms with Crippen molar-refractivity contribution in [1.29, 1.82) is 0 Å². The predicted molar refractivity (Wildman–Crippen MR) is 206 cm³/mol. The van der Waals surface area contributed by atoms with Crippen LogP contribution < -0.4 is 9.91 Å². The third-order valence-corrected chi connectivity index (χ3v) is 11.0. The van der Waals surface area contributed by atoms with Crippen LogP contribution in [0.15, 0.2) is 71.6 Å². The maximum absolute atomic E-state index is 15.1. The van der Waals surface area contributed by atoms with Crippen LogP contribution in [0.4, 0.5) is 23.3 Å². The Kier molecular flexibility index (Phi) is 10.2. The van der Waals surface area contributed by atoms with Gasteiger partial charge in [0.2, 0.25) is 5.91 Å². The van der Waals surface area contributed by atoms with Crippen molar-refractivity contribution in [2.75, 3.05) is 56.2 Å². The quantitative estimate of drug-likeness (QED) is 0.0880. The Morgan fingerprint density at radius 3 is 2.49 bits per heavy atom. The Bertz CT molecular complexity index is 2150. The van der Waals surface area contributed by atoms with Crippen LogP contribution in [0.3, 0.4) is 0 Å². The standard InChI is InChI=1S/C40H48F4N10O/c1-26(2)49(38-28(4)19-31(42)20-32(38)34-11-8-10-29(5)46-34)16-9-15-47(7)39(55)36-18-27(3)22-50(36)37(45-6)23-52-53(35-13-12-30(41)21-33(35)43)54(52)51-17-14-40(51)24-48(44)25-40/h8,10-13,19-21,23,27,36H,1,6,9,14-18,22,24-25H2,2-5,7H3/b37-23-. The number of aryl methyl sites for hydroxylation is 2. The zero-order valence-electron chi connectivity index (χ0n) is 32.0. The smallest absolute Gasteiger partial charge is 0.245 e. The first-order valence-electron chi connectivity index (χ1n) is 18.6. The zero-order chi connectivity index (χ0) is 39.3. The van der Waals surface area contributed by atoms with E-state index in [1.807, 2.05) is 48.9 Å². The Labute approximate surface area is 318 Å². The van der Waals surface area contributed by atoms with E-state index in [1.165, 1.54) is 24.3 Å². The molecule has 15 heteroatoms. The molecule has 11 nitrogen and oxygen atoms in total. The number of halogens is 4. The minimum absolute atomic E-state index is 0.0772. The largest absolute Gasteiger partial charge is 0.345 e. The second-order valence-electron chi connectivity index (χ2n) is 15.3. The number of hydrogen-bond acceptors (Lipinski definition) is 7. The van der Waals surface area contributed by atoms with Crippen molar-refractivity contribution in [1.82, 2.24) is 34.4 Å². The summed E-state index contributed by atoms with van der Waals surface area (Å²) in [6, 6.07) is 11.5. The fraction of sp³-hybridized carbons (Fsp3) is 0.425. The van der Waals surface area contributed by atoms with Gasteiger partial charge < -0.3 is 14.7 Å². The molecule has 3 aliphatic heterocycles. The van der Waals surface area contributed by atoms with Crippen molar-refractivity contribution in [3.05, 3.63) is 95.3 Å². The fourth-order valence-corrected chi connectivity index (χ4v) is 8.17. The molecule has 3 aliphatic rings. The van der Waals surface area contributed by atoms with Gasteiger partial charge in [-0.2, -0.15) is 0 Å². The van der Waals surface area contributed by atoms with Crippen molar-refractivity contribution in [3.8, 4) is 16.9 Å². The molecule has 4 aromatic rings. The van der Waals surface area contributed by atoms with E-state index in [2.05, 4.69) is 35.1 Å². The summed E-state index contributed by atoms with van der Waals surface area (Å²) in [7, 11) is 1.78. The number of benzene rings is 2. The number of nitrogens with zero attached hydrogens (tertiary/aromatic N) is 10. The number of anilines is 1. The van der Waals surface area contributed by atoms with Crippen LogP contribution in [0.25, 0.3) is 23.1 Å². The third kappa shape index (κ3) is 7.17. The topological polar surface area (TPSA) is 73.3 Å².